The van der Waals surface area contributed by atoms with Crippen molar-refractivity contribution >= 4 is 18.1 Å². The lowest BCUT2D eigenvalue weighted by atomic mass is 10.2. The largest absolute Gasteiger partial charge is 0.497 e. The Morgan fingerprint density at radius 1 is 1.61 bits per heavy atom. The van der Waals surface area contributed by atoms with Crippen molar-refractivity contribution in [1.29, 1.82) is 0 Å². The van der Waals surface area contributed by atoms with Crippen LogP contribution in [-0.2, 0) is 9.53 Å². The Labute approximate surface area is 110 Å². The number of amides is 2. The lowest BCUT2D eigenvalue weighted by Crippen LogP contribution is -2.29. The summed E-state index contributed by atoms with van der Waals surface area (Å²) in [6, 6.07) is 6.73. The first-order valence-electron chi connectivity index (χ1n) is 7.08. The molecule has 2 amide bonds. The number of hydrogen-bond donors (Lipinski definition) is 0. The number of ether oxygens (including phenoxy) is 2. The van der Waals surface area contributed by atoms with Gasteiger partial charge in [-0.15, -0.1) is 0 Å². The van der Waals surface area contributed by atoms with E-state index in [0.29, 0.717) is 11.3 Å². The quantitative estimate of drug-likeness (QED) is 0.767. The number of nitrogens with zero attached hydrogens (tertiary/aromatic N) is 1. The third-order valence-electron chi connectivity index (χ3n) is 2.21. The van der Waals surface area contributed by atoms with Gasteiger partial charge in [0, 0.05) is 6.08 Å². The minimum Gasteiger partial charge on any atom is -0.497 e. The number of benzene rings is 1. The average molecular weight is 251 g/mol. The zero-order chi connectivity index (χ0) is 16.5. The third kappa shape index (κ3) is 2.68. The van der Waals surface area contributed by atoms with Gasteiger partial charge in [0.1, 0.15) is 12.3 Å². The van der Waals surface area contributed by atoms with Crippen LogP contribution in [0.1, 0.15) is 11.0 Å². The summed E-state index contributed by atoms with van der Waals surface area (Å²) in [7, 11) is 1.49. The molecule has 1 saturated heterocycles. The zero-order valence-corrected chi connectivity index (χ0v) is 9.54. The molecule has 1 aliphatic rings. The van der Waals surface area contributed by atoms with Gasteiger partial charge in [-0.05, 0) is 23.8 Å². The van der Waals surface area contributed by atoms with Crippen molar-refractivity contribution in [1.82, 2.24) is 4.90 Å². The van der Waals surface area contributed by atoms with E-state index in [-0.39, 0.29) is 4.90 Å². The van der Waals surface area contributed by atoms with Crippen LogP contribution in [0, 0.1) is 0 Å². The van der Waals surface area contributed by atoms with Crippen molar-refractivity contribution in [3.63, 3.8) is 0 Å². The lowest BCUT2D eigenvalue weighted by molar-refractivity contribution is -0.122. The van der Waals surface area contributed by atoms with Gasteiger partial charge in [0.05, 0.1) is 19.1 Å². The molecule has 1 fully saturated rings. The maximum atomic E-state index is 12.0. The fourth-order valence-electron chi connectivity index (χ4n) is 1.34. The number of imide groups is 1. The summed E-state index contributed by atoms with van der Waals surface area (Å²) in [6.45, 7) is -5.79. The molecule has 0 aromatic heterocycles. The number of carbonyl (C=O) groups excluding carboxylic acids is 2. The van der Waals surface area contributed by atoms with Gasteiger partial charge in [-0.1, -0.05) is 12.1 Å². The maximum absolute atomic E-state index is 12.0. The SMILES string of the molecule is [2H]C1([2H])OC(=O)N(C(=O)/C=C/c2cccc(OC)c2)C1([2H])[2H]. The molecule has 1 heterocycles. The van der Waals surface area contributed by atoms with Gasteiger partial charge in [-0.3, -0.25) is 4.79 Å². The molecule has 0 N–H and O–H groups in total. The monoisotopic (exact) mass is 251 g/mol. The standard InChI is InChI=1S/C13H13NO4/c1-17-11-4-2-3-10(9-11)5-6-12(15)14-7-8-18-13(14)16/h2-6,9H,7-8H2,1H3/b6-5+/i7D2,8D2. The van der Waals surface area contributed by atoms with Crippen molar-refractivity contribution < 1.29 is 24.5 Å². The number of rotatable bonds is 3. The molecule has 0 aliphatic carbocycles. The predicted octanol–water partition coefficient (Wildman–Crippen LogP) is 1.69. The van der Waals surface area contributed by atoms with E-state index < -0.39 is 25.1 Å². The molecule has 1 aromatic rings. The number of cyclic esters (lactones) is 1. The van der Waals surface area contributed by atoms with Gasteiger partial charge >= 0.3 is 6.09 Å². The molecule has 1 aliphatic heterocycles. The fourth-order valence-corrected chi connectivity index (χ4v) is 1.34. The molecule has 1 aromatic carbocycles. The molecule has 18 heavy (non-hydrogen) atoms. The Morgan fingerprint density at radius 2 is 2.44 bits per heavy atom. The minimum absolute atomic E-state index is 0.115. The van der Waals surface area contributed by atoms with Crippen molar-refractivity contribution in [2.45, 2.75) is 0 Å². The van der Waals surface area contributed by atoms with E-state index in [9.17, 15) is 9.59 Å². The Balaban J connectivity index is 2.21. The van der Waals surface area contributed by atoms with E-state index >= 15 is 0 Å². The van der Waals surface area contributed by atoms with Crippen LogP contribution in [0.4, 0.5) is 4.79 Å². The second kappa shape index (κ2) is 5.35. The summed E-state index contributed by atoms with van der Waals surface area (Å²) in [4.78, 5) is 23.6. The van der Waals surface area contributed by atoms with E-state index in [1.54, 1.807) is 24.3 Å². The van der Waals surface area contributed by atoms with Gasteiger partial charge in [0.25, 0.3) is 5.91 Å². The Hall–Kier alpha value is -2.30. The Bertz CT molecular complexity index is 645. The molecule has 0 atom stereocenters. The molecule has 0 spiro atoms. The minimum atomic E-state index is -2.90. The van der Waals surface area contributed by atoms with Gasteiger partial charge in [0.2, 0.25) is 0 Å². The van der Waals surface area contributed by atoms with Crippen LogP contribution < -0.4 is 4.74 Å². The number of methoxy groups -OCH3 is 1. The van der Waals surface area contributed by atoms with Crippen LogP contribution >= 0.6 is 0 Å². The summed E-state index contributed by atoms with van der Waals surface area (Å²) in [5.74, 6) is -0.443. The van der Waals surface area contributed by atoms with Crippen molar-refractivity contribution in [3.8, 4) is 5.75 Å². The Kier molecular flexibility index (Phi) is 2.36. The fraction of sp³-hybridized carbons (Fsp3) is 0.231. The molecule has 0 saturated carbocycles. The van der Waals surface area contributed by atoms with Crippen LogP contribution in [0.15, 0.2) is 30.3 Å². The zero-order valence-electron chi connectivity index (χ0n) is 13.5. The normalized spacial score (nSPS) is 23.8. The number of carbonyl (C=O) groups is 2. The summed E-state index contributed by atoms with van der Waals surface area (Å²) in [5, 5.41) is 0. The molecule has 2 rings (SSSR count). The van der Waals surface area contributed by atoms with Crippen LogP contribution in [0.5, 0.6) is 5.75 Å². The van der Waals surface area contributed by atoms with E-state index in [1.807, 2.05) is 0 Å². The average Bonchev–Trinajstić information content (AvgIpc) is 2.60. The second-order valence-corrected chi connectivity index (χ2v) is 3.37. The molecule has 0 bridgehead atoms. The molecule has 5 heteroatoms. The van der Waals surface area contributed by atoms with Crippen LogP contribution in [0.25, 0.3) is 6.08 Å². The molecule has 5 nitrogen and oxygen atoms in total. The highest BCUT2D eigenvalue weighted by Gasteiger charge is 2.26. The van der Waals surface area contributed by atoms with Crippen molar-refractivity contribution in [2.75, 3.05) is 20.2 Å². The van der Waals surface area contributed by atoms with Crippen LogP contribution in [0.2, 0.25) is 0 Å². The Morgan fingerprint density at radius 3 is 3.11 bits per heavy atom. The van der Waals surface area contributed by atoms with E-state index in [0.717, 1.165) is 6.08 Å². The molecular formula is C13H13NO4. The highest BCUT2D eigenvalue weighted by atomic mass is 16.6. The first-order valence-corrected chi connectivity index (χ1v) is 5.08. The molecule has 0 unspecified atom stereocenters. The maximum Gasteiger partial charge on any atom is 0.416 e. The van der Waals surface area contributed by atoms with E-state index in [2.05, 4.69) is 4.74 Å². The van der Waals surface area contributed by atoms with E-state index in [4.69, 9.17) is 10.2 Å². The molecule has 0 radical (unpaired) electrons. The van der Waals surface area contributed by atoms with Crippen molar-refractivity contribution in [2.24, 2.45) is 0 Å². The van der Waals surface area contributed by atoms with Gasteiger partial charge < -0.3 is 9.47 Å². The van der Waals surface area contributed by atoms with Gasteiger partial charge in [-0.2, -0.15) is 0 Å². The van der Waals surface area contributed by atoms with Crippen LogP contribution in [0.3, 0.4) is 0 Å². The molecular weight excluding hydrogens is 234 g/mol. The third-order valence-corrected chi connectivity index (χ3v) is 2.21. The van der Waals surface area contributed by atoms with Crippen molar-refractivity contribution in [3.05, 3.63) is 35.9 Å². The van der Waals surface area contributed by atoms with Gasteiger partial charge in [-0.25, -0.2) is 9.69 Å². The first-order chi connectivity index (χ1) is 10.2. The summed E-state index contributed by atoms with van der Waals surface area (Å²) < 4.78 is 39.0. The second-order valence-electron chi connectivity index (χ2n) is 3.37. The lowest BCUT2D eigenvalue weighted by Gasteiger charge is -2.06. The van der Waals surface area contributed by atoms with E-state index in [1.165, 1.54) is 13.2 Å². The molecule has 94 valence electrons. The summed E-state index contributed by atoms with van der Waals surface area (Å²) >= 11 is 0. The van der Waals surface area contributed by atoms with Crippen LogP contribution in [-0.4, -0.2) is 37.1 Å². The summed E-state index contributed by atoms with van der Waals surface area (Å²) in [5.41, 5.74) is 0.601. The predicted molar refractivity (Wildman–Crippen MR) is 65.1 cm³/mol. The topological polar surface area (TPSA) is 55.8 Å². The number of hydrogen-bond acceptors (Lipinski definition) is 4. The highest BCUT2D eigenvalue weighted by Crippen LogP contribution is 2.14. The highest BCUT2D eigenvalue weighted by molar-refractivity contribution is 6.01. The van der Waals surface area contributed by atoms with Gasteiger partial charge in [0.15, 0.2) is 0 Å². The smallest absolute Gasteiger partial charge is 0.416 e. The first kappa shape index (κ1) is 7.92. The summed E-state index contributed by atoms with van der Waals surface area (Å²) in [6.07, 6.45) is 0.965.